The molecule has 0 radical (unpaired) electrons. The van der Waals surface area contributed by atoms with Crippen molar-refractivity contribution in [3.63, 3.8) is 0 Å². The Hall–Kier alpha value is -3.33. The van der Waals surface area contributed by atoms with Gasteiger partial charge in [0.05, 0.1) is 6.61 Å². The SMILES string of the molecule is CCOP(=O)(Oc1ccc(-c2ccccc2)cc1)Oc1ccc(-c2ccccc2)cc1. The average molecular weight is 430 g/mol. The molecular formula is C26H23O4P. The predicted molar refractivity (Wildman–Crippen MR) is 124 cm³/mol. The largest absolute Gasteiger partial charge is 0.587 e. The zero-order valence-electron chi connectivity index (χ0n) is 17.2. The summed E-state index contributed by atoms with van der Waals surface area (Å²) >= 11 is 0. The van der Waals surface area contributed by atoms with E-state index in [9.17, 15) is 4.57 Å². The number of phosphoric ester groups is 1. The monoisotopic (exact) mass is 430 g/mol. The summed E-state index contributed by atoms with van der Waals surface area (Å²) in [7, 11) is -3.84. The molecule has 0 bridgehead atoms. The lowest BCUT2D eigenvalue weighted by molar-refractivity contribution is 0.219. The summed E-state index contributed by atoms with van der Waals surface area (Å²) in [4.78, 5) is 0. The fourth-order valence-electron chi connectivity index (χ4n) is 3.17. The minimum Gasteiger partial charge on any atom is -0.395 e. The molecule has 0 aliphatic rings. The number of hydrogen-bond acceptors (Lipinski definition) is 4. The van der Waals surface area contributed by atoms with Gasteiger partial charge in [0.15, 0.2) is 0 Å². The first kappa shape index (κ1) is 20.9. The summed E-state index contributed by atoms with van der Waals surface area (Å²) in [5.41, 5.74) is 4.27. The first-order valence-corrected chi connectivity index (χ1v) is 11.6. The van der Waals surface area contributed by atoms with Gasteiger partial charge in [-0.25, -0.2) is 4.57 Å². The van der Waals surface area contributed by atoms with Gasteiger partial charge in [-0.05, 0) is 53.4 Å². The number of benzene rings is 4. The summed E-state index contributed by atoms with van der Waals surface area (Å²) in [5.74, 6) is 0.828. The molecule has 0 atom stereocenters. The molecule has 4 aromatic carbocycles. The highest BCUT2D eigenvalue weighted by Gasteiger charge is 2.30. The summed E-state index contributed by atoms with van der Waals surface area (Å²) in [6, 6.07) is 34.7. The van der Waals surface area contributed by atoms with E-state index in [4.69, 9.17) is 13.6 Å². The normalized spacial score (nSPS) is 11.1. The van der Waals surface area contributed by atoms with Gasteiger partial charge in [-0.2, -0.15) is 0 Å². The topological polar surface area (TPSA) is 44.8 Å². The van der Waals surface area contributed by atoms with E-state index in [-0.39, 0.29) is 6.61 Å². The third kappa shape index (κ3) is 5.43. The van der Waals surface area contributed by atoms with E-state index in [1.54, 1.807) is 31.2 Å². The standard InChI is InChI=1S/C26H23O4P/c1-2-28-31(27,29-25-17-13-23(14-18-25)21-9-5-3-6-10-21)30-26-19-15-24(16-20-26)22-11-7-4-8-12-22/h3-20H,2H2,1H3. The maximum atomic E-state index is 13.2. The molecule has 0 spiro atoms. The Kier molecular flexibility index (Phi) is 6.51. The quantitative estimate of drug-likeness (QED) is 0.270. The van der Waals surface area contributed by atoms with Crippen molar-refractivity contribution in [1.29, 1.82) is 0 Å². The highest BCUT2D eigenvalue weighted by molar-refractivity contribution is 7.49. The zero-order chi connectivity index (χ0) is 21.5. The van der Waals surface area contributed by atoms with Gasteiger partial charge < -0.3 is 9.05 Å². The van der Waals surface area contributed by atoms with Crippen molar-refractivity contribution in [1.82, 2.24) is 0 Å². The fourth-order valence-corrected chi connectivity index (χ4v) is 4.38. The molecule has 31 heavy (non-hydrogen) atoms. The minimum absolute atomic E-state index is 0.196. The smallest absolute Gasteiger partial charge is 0.395 e. The molecule has 0 heterocycles. The van der Waals surface area contributed by atoms with Crippen LogP contribution in [0.5, 0.6) is 11.5 Å². The Balaban J connectivity index is 1.49. The van der Waals surface area contributed by atoms with Crippen molar-refractivity contribution in [2.24, 2.45) is 0 Å². The molecule has 0 aromatic heterocycles. The predicted octanol–water partition coefficient (Wildman–Crippen LogP) is 7.62. The van der Waals surface area contributed by atoms with Crippen LogP contribution in [-0.2, 0) is 9.09 Å². The average Bonchev–Trinajstić information content (AvgIpc) is 2.81. The second-order valence-corrected chi connectivity index (χ2v) is 8.35. The highest BCUT2D eigenvalue weighted by atomic mass is 31.2. The maximum absolute atomic E-state index is 13.2. The molecule has 4 rings (SSSR count). The van der Waals surface area contributed by atoms with Crippen LogP contribution in [0.2, 0.25) is 0 Å². The molecule has 0 amide bonds. The lowest BCUT2D eigenvalue weighted by Crippen LogP contribution is -2.05. The molecule has 0 N–H and O–H groups in total. The Morgan fingerprint density at radius 3 is 1.26 bits per heavy atom. The van der Waals surface area contributed by atoms with E-state index in [0.717, 1.165) is 22.3 Å². The maximum Gasteiger partial charge on any atom is 0.587 e. The van der Waals surface area contributed by atoms with E-state index in [2.05, 4.69) is 0 Å². The van der Waals surface area contributed by atoms with Crippen LogP contribution in [0, 0.1) is 0 Å². The van der Waals surface area contributed by atoms with E-state index in [1.165, 1.54) is 0 Å². The van der Waals surface area contributed by atoms with Gasteiger partial charge in [0.2, 0.25) is 0 Å². The Labute approximate surface area is 182 Å². The van der Waals surface area contributed by atoms with Crippen LogP contribution in [0.15, 0.2) is 109 Å². The number of phosphoric acid groups is 1. The lowest BCUT2D eigenvalue weighted by Gasteiger charge is -2.18. The van der Waals surface area contributed by atoms with Crippen LogP contribution in [0.3, 0.4) is 0 Å². The van der Waals surface area contributed by atoms with Gasteiger partial charge in [0.25, 0.3) is 0 Å². The van der Waals surface area contributed by atoms with Crippen LogP contribution >= 0.6 is 7.82 Å². The van der Waals surface area contributed by atoms with Crippen molar-refractivity contribution < 1.29 is 18.1 Å². The first-order valence-electron chi connectivity index (χ1n) is 10.1. The van der Waals surface area contributed by atoms with Crippen LogP contribution < -0.4 is 9.05 Å². The molecule has 0 saturated heterocycles. The second kappa shape index (κ2) is 9.65. The molecule has 0 aliphatic heterocycles. The van der Waals surface area contributed by atoms with E-state index >= 15 is 0 Å². The number of rotatable bonds is 8. The van der Waals surface area contributed by atoms with E-state index in [1.807, 2.05) is 84.9 Å². The van der Waals surface area contributed by atoms with Crippen molar-refractivity contribution in [2.75, 3.05) is 6.61 Å². The van der Waals surface area contributed by atoms with Gasteiger partial charge in [0.1, 0.15) is 11.5 Å². The molecule has 156 valence electrons. The molecule has 0 fully saturated rings. The van der Waals surface area contributed by atoms with Gasteiger partial charge in [-0.1, -0.05) is 84.9 Å². The van der Waals surface area contributed by atoms with Gasteiger partial charge in [-0.3, -0.25) is 4.52 Å². The van der Waals surface area contributed by atoms with Crippen molar-refractivity contribution in [3.8, 4) is 33.8 Å². The first-order chi connectivity index (χ1) is 15.1. The van der Waals surface area contributed by atoms with E-state index < -0.39 is 7.82 Å². The molecular weight excluding hydrogens is 407 g/mol. The molecule has 0 saturated carbocycles. The Morgan fingerprint density at radius 2 is 0.903 bits per heavy atom. The van der Waals surface area contributed by atoms with Crippen molar-refractivity contribution in [2.45, 2.75) is 6.92 Å². The second-order valence-electron chi connectivity index (χ2n) is 6.83. The van der Waals surface area contributed by atoms with Crippen molar-refractivity contribution in [3.05, 3.63) is 109 Å². The third-order valence-electron chi connectivity index (χ3n) is 4.64. The highest BCUT2D eigenvalue weighted by Crippen LogP contribution is 2.49. The fraction of sp³-hybridized carbons (Fsp3) is 0.0769. The van der Waals surface area contributed by atoms with E-state index in [0.29, 0.717) is 11.5 Å². The Morgan fingerprint density at radius 1 is 0.548 bits per heavy atom. The molecule has 0 unspecified atom stereocenters. The van der Waals surface area contributed by atoms with Crippen LogP contribution in [-0.4, -0.2) is 6.61 Å². The number of hydrogen-bond donors (Lipinski definition) is 0. The zero-order valence-corrected chi connectivity index (χ0v) is 18.1. The minimum atomic E-state index is -3.84. The molecule has 0 aliphatic carbocycles. The van der Waals surface area contributed by atoms with Crippen LogP contribution in [0.4, 0.5) is 0 Å². The summed E-state index contributed by atoms with van der Waals surface area (Å²) < 4.78 is 29.9. The lowest BCUT2D eigenvalue weighted by atomic mass is 10.1. The summed E-state index contributed by atoms with van der Waals surface area (Å²) in [5, 5.41) is 0. The Bertz CT molecular complexity index is 1050. The van der Waals surface area contributed by atoms with Crippen molar-refractivity contribution >= 4 is 7.82 Å². The van der Waals surface area contributed by atoms with Gasteiger partial charge >= 0.3 is 7.82 Å². The summed E-state index contributed by atoms with van der Waals surface area (Å²) in [6.07, 6.45) is 0. The van der Waals surface area contributed by atoms with Gasteiger partial charge in [0, 0.05) is 0 Å². The van der Waals surface area contributed by atoms with Gasteiger partial charge in [-0.15, -0.1) is 0 Å². The summed E-state index contributed by atoms with van der Waals surface area (Å²) in [6.45, 7) is 1.94. The molecule has 5 heteroatoms. The third-order valence-corrected chi connectivity index (χ3v) is 6.09. The molecule has 4 aromatic rings. The molecule has 4 nitrogen and oxygen atoms in total. The van der Waals surface area contributed by atoms with Crippen LogP contribution in [0.25, 0.3) is 22.3 Å². The van der Waals surface area contributed by atoms with Crippen LogP contribution in [0.1, 0.15) is 6.92 Å².